The molecule has 3 heterocycles. The molecule has 8 heteroatoms. The lowest BCUT2D eigenvalue weighted by molar-refractivity contribution is -0.149. The molecule has 0 bridgehead atoms. The van der Waals surface area contributed by atoms with E-state index in [1.807, 2.05) is 35.9 Å². The van der Waals surface area contributed by atoms with E-state index in [9.17, 15) is 18.0 Å². The lowest BCUT2D eigenvalue weighted by atomic mass is 9.97. The summed E-state index contributed by atoms with van der Waals surface area (Å²) in [5.74, 6) is -1.56. The van der Waals surface area contributed by atoms with Crippen molar-refractivity contribution in [2.45, 2.75) is 4.90 Å². The molecule has 0 fully saturated rings. The van der Waals surface area contributed by atoms with Gasteiger partial charge in [0.15, 0.2) is 0 Å². The molecule has 0 aliphatic carbocycles. The maximum Gasteiger partial charge on any atom is 0.347 e. The lowest BCUT2D eigenvalue weighted by Crippen LogP contribution is -2.10. The summed E-state index contributed by atoms with van der Waals surface area (Å²) in [7, 11) is -1.99. The van der Waals surface area contributed by atoms with Gasteiger partial charge >= 0.3 is 11.9 Å². The molecule has 0 spiro atoms. The first kappa shape index (κ1) is 19.1. The van der Waals surface area contributed by atoms with Crippen LogP contribution in [0.5, 0.6) is 0 Å². The average Bonchev–Trinajstić information content (AvgIpc) is 3.45. The Morgan fingerprint density at radius 2 is 1.48 bits per heavy atom. The summed E-state index contributed by atoms with van der Waals surface area (Å²) in [6.07, 6.45) is 4.43. The number of carbonyl (C=O) groups excluding carboxylic acids is 2. The van der Waals surface area contributed by atoms with Crippen molar-refractivity contribution in [3.8, 4) is 0 Å². The summed E-state index contributed by atoms with van der Waals surface area (Å²) in [6.45, 7) is 0. The number of hydrogen-bond acceptors (Lipinski definition) is 5. The molecule has 0 N–H and O–H groups in total. The second-order valence-corrected chi connectivity index (χ2v) is 8.99. The number of carbonyl (C=O) groups is 2. The van der Waals surface area contributed by atoms with Gasteiger partial charge in [-0.1, -0.05) is 36.4 Å². The summed E-state index contributed by atoms with van der Waals surface area (Å²) in [4.78, 5) is 25.3. The van der Waals surface area contributed by atoms with Crippen LogP contribution in [-0.2, 0) is 31.4 Å². The highest BCUT2D eigenvalue weighted by Gasteiger charge is 2.37. The molecular formula is C23H16N2O5S. The van der Waals surface area contributed by atoms with Gasteiger partial charge in [-0.2, -0.15) is 0 Å². The Morgan fingerprint density at radius 3 is 2.26 bits per heavy atom. The van der Waals surface area contributed by atoms with Gasteiger partial charge in [-0.15, -0.1) is 0 Å². The fourth-order valence-corrected chi connectivity index (χ4v) is 5.04. The van der Waals surface area contributed by atoms with Crippen molar-refractivity contribution in [1.29, 1.82) is 0 Å². The van der Waals surface area contributed by atoms with E-state index >= 15 is 0 Å². The van der Waals surface area contributed by atoms with Crippen molar-refractivity contribution in [2.24, 2.45) is 7.05 Å². The largest absolute Gasteiger partial charge is 0.386 e. The second kappa shape index (κ2) is 6.82. The number of nitrogens with zero attached hydrogens (tertiary/aromatic N) is 2. The number of hydrogen-bond donors (Lipinski definition) is 0. The van der Waals surface area contributed by atoms with Crippen LogP contribution in [-0.4, -0.2) is 28.9 Å². The molecule has 4 aromatic rings. The van der Waals surface area contributed by atoms with Gasteiger partial charge in [-0.05, 0) is 24.3 Å². The van der Waals surface area contributed by atoms with E-state index < -0.39 is 22.0 Å². The molecule has 31 heavy (non-hydrogen) atoms. The minimum atomic E-state index is -3.84. The summed E-state index contributed by atoms with van der Waals surface area (Å²) < 4.78 is 33.6. The predicted molar refractivity (Wildman–Crippen MR) is 114 cm³/mol. The Hall–Kier alpha value is -3.91. The second-order valence-electron chi connectivity index (χ2n) is 7.15. The number of esters is 2. The summed E-state index contributed by atoms with van der Waals surface area (Å²) in [5, 5.41) is 0.792. The third kappa shape index (κ3) is 2.91. The van der Waals surface area contributed by atoms with Gasteiger partial charge in [0.25, 0.3) is 10.0 Å². The first-order valence-electron chi connectivity index (χ1n) is 9.42. The normalized spacial score (nSPS) is 14.5. The van der Waals surface area contributed by atoms with Crippen LogP contribution in [0.3, 0.4) is 0 Å². The molecule has 1 aliphatic heterocycles. The highest BCUT2D eigenvalue weighted by atomic mass is 32.2. The predicted octanol–water partition coefficient (Wildman–Crippen LogP) is 3.21. The fourth-order valence-electron chi connectivity index (χ4n) is 3.83. The highest BCUT2D eigenvalue weighted by molar-refractivity contribution is 7.90. The van der Waals surface area contributed by atoms with Crippen molar-refractivity contribution in [2.75, 3.05) is 0 Å². The fraction of sp³-hybridized carbons (Fsp3) is 0.0435. The summed E-state index contributed by atoms with van der Waals surface area (Å²) in [5.41, 5.74) is 1.90. The zero-order chi connectivity index (χ0) is 21.8. The van der Waals surface area contributed by atoms with Gasteiger partial charge in [0.1, 0.15) is 0 Å². The van der Waals surface area contributed by atoms with Crippen LogP contribution in [0.2, 0.25) is 0 Å². The molecule has 2 aromatic carbocycles. The molecule has 0 saturated carbocycles. The Bertz CT molecular complexity index is 1510. The first-order chi connectivity index (χ1) is 14.9. The molecule has 0 saturated heterocycles. The minimum Gasteiger partial charge on any atom is -0.386 e. The molecule has 1 aliphatic rings. The Labute approximate surface area is 177 Å². The maximum absolute atomic E-state index is 12.9. The van der Waals surface area contributed by atoms with Gasteiger partial charge in [0, 0.05) is 47.7 Å². The summed E-state index contributed by atoms with van der Waals surface area (Å²) in [6, 6.07) is 16.9. The van der Waals surface area contributed by atoms with Crippen molar-refractivity contribution < 1.29 is 22.7 Å². The zero-order valence-corrected chi connectivity index (χ0v) is 17.2. The van der Waals surface area contributed by atoms with Gasteiger partial charge in [0.05, 0.1) is 16.0 Å². The van der Waals surface area contributed by atoms with E-state index in [2.05, 4.69) is 0 Å². The number of cyclic esters (lactones) is 2. The molecule has 0 unspecified atom stereocenters. The lowest BCUT2D eigenvalue weighted by Gasteiger charge is -2.05. The number of fused-ring (bicyclic) bond motifs is 1. The van der Waals surface area contributed by atoms with Gasteiger partial charge in [0.2, 0.25) is 0 Å². The Morgan fingerprint density at radius 1 is 0.806 bits per heavy atom. The molecule has 0 atom stereocenters. The molecule has 7 nitrogen and oxygen atoms in total. The van der Waals surface area contributed by atoms with Crippen LogP contribution in [0.1, 0.15) is 11.1 Å². The van der Waals surface area contributed by atoms with Crippen LogP contribution in [0, 0.1) is 0 Å². The van der Waals surface area contributed by atoms with E-state index in [1.54, 1.807) is 24.4 Å². The monoisotopic (exact) mass is 432 g/mol. The summed E-state index contributed by atoms with van der Waals surface area (Å²) >= 11 is 0. The van der Waals surface area contributed by atoms with E-state index in [4.69, 9.17) is 4.74 Å². The van der Waals surface area contributed by atoms with E-state index in [0.717, 1.165) is 14.9 Å². The average molecular weight is 432 g/mol. The SMILES string of the molecule is Cn1cc(C2=C(c3ccn(S(=O)(=O)c4ccccc4)c3)C(=O)OC2=O)c2ccccc21. The zero-order valence-electron chi connectivity index (χ0n) is 16.3. The number of aromatic nitrogens is 2. The third-order valence-electron chi connectivity index (χ3n) is 5.28. The van der Waals surface area contributed by atoms with Gasteiger partial charge in [-0.3, -0.25) is 0 Å². The van der Waals surface area contributed by atoms with Crippen LogP contribution in [0.15, 0.2) is 84.1 Å². The highest BCUT2D eigenvalue weighted by Crippen LogP contribution is 2.38. The van der Waals surface area contributed by atoms with Gasteiger partial charge in [-0.25, -0.2) is 22.0 Å². The van der Waals surface area contributed by atoms with Crippen molar-refractivity contribution in [1.82, 2.24) is 8.54 Å². The number of aryl methyl sites for hydroxylation is 1. The molecule has 0 radical (unpaired) electrons. The van der Waals surface area contributed by atoms with Crippen molar-refractivity contribution >= 4 is 44.0 Å². The van der Waals surface area contributed by atoms with Crippen molar-refractivity contribution in [3.63, 3.8) is 0 Å². The van der Waals surface area contributed by atoms with Crippen LogP contribution in [0.25, 0.3) is 22.0 Å². The molecule has 5 rings (SSSR count). The minimum absolute atomic E-state index is 0.0448. The third-order valence-corrected chi connectivity index (χ3v) is 6.93. The first-order valence-corrected chi connectivity index (χ1v) is 10.9. The van der Waals surface area contributed by atoms with Crippen LogP contribution >= 0.6 is 0 Å². The Balaban J connectivity index is 1.69. The number of ether oxygens (including phenoxy) is 1. The van der Waals surface area contributed by atoms with E-state index in [-0.39, 0.29) is 16.0 Å². The molecule has 2 aromatic heterocycles. The molecule has 154 valence electrons. The van der Waals surface area contributed by atoms with Crippen LogP contribution < -0.4 is 0 Å². The van der Waals surface area contributed by atoms with Crippen molar-refractivity contribution in [3.05, 3.63) is 90.4 Å². The topological polar surface area (TPSA) is 87.4 Å². The quantitative estimate of drug-likeness (QED) is 0.365. The Kier molecular flexibility index (Phi) is 4.19. The van der Waals surface area contributed by atoms with E-state index in [0.29, 0.717) is 11.1 Å². The van der Waals surface area contributed by atoms with E-state index in [1.165, 1.54) is 30.6 Å². The smallest absolute Gasteiger partial charge is 0.347 e. The number of rotatable bonds is 4. The number of benzene rings is 2. The standard InChI is InChI=1S/C23H16N2O5S/c1-24-14-18(17-9-5-6-10-19(17)24)21-20(22(26)30-23(21)27)15-11-12-25(13-15)31(28,29)16-7-3-2-4-8-16/h2-14H,1H3. The molecular weight excluding hydrogens is 416 g/mol. The van der Waals surface area contributed by atoms with Crippen LogP contribution in [0.4, 0.5) is 0 Å². The molecule has 0 amide bonds. The van der Waals surface area contributed by atoms with Gasteiger partial charge < -0.3 is 9.30 Å². The number of para-hydroxylation sites is 1. The maximum atomic E-state index is 12.9.